The van der Waals surface area contributed by atoms with E-state index >= 15 is 0 Å². The minimum Gasteiger partial charge on any atom is -0.344 e. The van der Waals surface area contributed by atoms with Crippen LogP contribution in [0.3, 0.4) is 0 Å². The molecule has 0 spiro atoms. The van der Waals surface area contributed by atoms with Crippen LogP contribution < -0.4 is 5.32 Å². The molecule has 0 radical (unpaired) electrons. The summed E-state index contributed by atoms with van der Waals surface area (Å²) in [4.78, 5) is 42.6. The number of carbonyl (C=O) groups excluding carboxylic acids is 3. The van der Waals surface area contributed by atoms with Gasteiger partial charge in [0.2, 0.25) is 11.8 Å². The maximum absolute atomic E-state index is 13.8. The van der Waals surface area contributed by atoms with E-state index in [1.165, 1.54) is 18.0 Å². The van der Waals surface area contributed by atoms with Crippen molar-refractivity contribution in [2.24, 2.45) is 11.8 Å². The Balaban J connectivity index is 1.50. The minimum absolute atomic E-state index is 0.0229. The second kappa shape index (κ2) is 11.9. The summed E-state index contributed by atoms with van der Waals surface area (Å²) in [5, 5.41) is 7.35. The van der Waals surface area contributed by atoms with Crippen molar-refractivity contribution in [3.05, 3.63) is 35.2 Å². The standard InChI is InChI=1S/C27H36N4O3S/c1-3-18(2)26(33)28-25(20-13-8-5-9-14-20)27(34)31-16-10-15-21(31)22(32)17-23-24(29-30-35-23)19-11-6-4-7-12-19/h4,6-7,11-12,18,20-21,25H,3,5,8-10,13-17H2,1-2H3,(H,28,33)/t18-,21-,25-/m1/s1. The van der Waals surface area contributed by atoms with E-state index in [2.05, 4.69) is 14.9 Å². The van der Waals surface area contributed by atoms with E-state index in [0.717, 1.165) is 54.7 Å². The molecule has 1 saturated carbocycles. The number of likely N-dealkylation sites (tertiary alicyclic amines) is 1. The van der Waals surface area contributed by atoms with Crippen molar-refractivity contribution < 1.29 is 14.4 Å². The second-order valence-corrected chi connectivity index (χ2v) is 10.8. The summed E-state index contributed by atoms with van der Waals surface area (Å²) in [5.41, 5.74) is 1.68. The second-order valence-electron chi connectivity index (χ2n) is 9.94. The number of hydrogen-bond donors (Lipinski definition) is 1. The number of aromatic nitrogens is 2. The van der Waals surface area contributed by atoms with Gasteiger partial charge in [-0.2, -0.15) is 0 Å². The van der Waals surface area contributed by atoms with E-state index in [-0.39, 0.29) is 35.9 Å². The van der Waals surface area contributed by atoms with E-state index in [9.17, 15) is 14.4 Å². The zero-order valence-corrected chi connectivity index (χ0v) is 21.6. The van der Waals surface area contributed by atoms with E-state index in [4.69, 9.17) is 0 Å². The Hall–Kier alpha value is -2.61. The fourth-order valence-electron chi connectivity index (χ4n) is 5.29. The number of rotatable bonds is 9. The molecule has 2 fully saturated rings. The van der Waals surface area contributed by atoms with Crippen molar-refractivity contribution in [1.82, 2.24) is 19.8 Å². The predicted molar refractivity (Wildman–Crippen MR) is 137 cm³/mol. The molecule has 2 aliphatic rings. The Morgan fingerprint density at radius 2 is 1.83 bits per heavy atom. The van der Waals surface area contributed by atoms with Crippen LogP contribution in [-0.4, -0.2) is 50.7 Å². The van der Waals surface area contributed by atoms with Gasteiger partial charge in [0, 0.05) is 24.4 Å². The molecule has 1 aromatic carbocycles. The lowest BCUT2D eigenvalue weighted by atomic mass is 9.83. The number of carbonyl (C=O) groups is 3. The first kappa shape index (κ1) is 25.5. The molecule has 35 heavy (non-hydrogen) atoms. The number of amides is 2. The Kier molecular flexibility index (Phi) is 8.65. The van der Waals surface area contributed by atoms with Gasteiger partial charge in [0.25, 0.3) is 0 Å². The Bertz CT molecular complexity index is 1020. The molecule has 2 heterocycles. The summed E-state index contributed by atoms with van der Waals surface area (Å²) in [7, 11) is 0. The highest BCUT2D eigenvalue weighted by Gasteiger charge is 2.41. The molecule has 2 aromatic rings. The molecule has 1 aliphatic carbocycles. The van der Waals surface area contributed by atoms with Crippen molar-refractivity contribution in [3.8, 4) is 11.3 Å². The van der Waals surface area contributed by atoms with Crippen LogP contribution in [-0.2, 0) is 20.8 Å². The lowest BCUT2D eigenvalue weighted by molar-refractivity contribution is -0.142. The van der Waals surface area contributed by atoms with Crippen LogP contribution in [0.1, 0.15) is 70.1 Å². The molecule has 2 amide bonds. The summed E-state index contributed by atoms with van der Waals surface area (Å²) >= 11 is 1.24. The molecule has 7 nitrogen and oxygen atoms in total. The van der Waals surface area contributed by atoms with E-state index in [1.807, 2.05) is 44.2 Å². The zero-order valence-electron chi connectivity index (χ0n) is 20.7. The minimum atomic E-state index is -0.546. The first-order valence-electron chi connectivity index (χ1n) is 13.0. The third-order valence-corrected chi connectivity index (χ3v) is 8.31. The third-order valence-electron chi connectivity index (χ3n) is 7.59. The Labute approximate surface area is 211 Å². The highest BCUT2D eigenvalue weighted by Crippen LogP contribution is 2.31. The smallest absolute Gasteiger partial charge is 0.246 e. The Morgan fingerprint density at radius 3 is 2.54 bits per heavy atom. The lowest BCUT2D eigenvalue weighted by Crippen LogP contribution is -2.55. The van der Waals surface area contributed by atoms with E-state index in [0.29, 0.717) is 13.0 Å². The number of Topliss-reactive ketones (excluding diaryl/α,β-unsaturated/α-hetero) is 1. The maximum atomic E-state index is 13.8. The van der Waals surface area contributed by atoms with Crippen LogP contribution in [0.15, 0.2) is 30.3 Å². The van der Waals surface area contributed by atoms with E-state index in [1.54, 1.807) is 4.90 Å². The van der Waals surface area contributed by atoms with Crippen LogP contribution in [0.25, 0.3) is 11.3 Å². The third kappa shape index (κ3) is 5.97. The van der Waals surface area contributed by atoms with Crippen LogP contribution in [0.5, 0.6) is 0 Å². The highest BCUT2D eigenvalue weighted by atomic mass is 32.1. The predicted octanol–water partition coefficient (Wildman–Crippen LogP) is 4.42. The average molecular weight is 497 g/mol. The number of benzene rings is 1. The topological polar surface area (TPSA) is 92.3 Å². The van der Waals surface area contributed by atoms with Crippen molar-refractivity contribution in [2.45, 2.75) is 83.7 Å². The van der Waals surface area contributed by atoms with Crippen LogP contribution in [0.4, 0.5) is 0 Å². The van der Waals surface area contributed by atoms with Gasteiger partial charge >= 0.3 is 0 Å². The van der Waals surface area contributed by atoms with Gasteiger partial charge in [-0.25, -0.2) is 0 Å². The first-order valence-corrected chi connectivity index (χ1v) is 13.8. The normalized spacial score (nSPS) is 20.4. The molecule has 188 valence electrons. The number of nitrogens with zero attached hydrogens (tertiary/aromatic N) is 3. The summed E-state index contributed by atoms with van der Waals surface area (Å²) in [5.74, 6) is -0.136. The van der Waals surface area contributed by atoms with Gasteiger partial charge in [-0.15, -0.1) is 5.10 Å². The highest BCUT2D eigenvalue weighted by molar-refractivity contribution is 7.06. The maximum Gasteiger partial charge on any atom is 0.246 e. The Morgan fingerprint density at radius 1 is 1.09 bits per heavy atom. The molecule has 1 saturated heterocycles. The summed E-state index contributed by atoms with van der Waals surface area (Å²) < 4.78 is 4.09. The lowest BCUT2D eigenvalue weighted by Gasteiger charge is -2.35. The number of nitrogens with one attached hydrogen (secondary N) is 1. The number of hydrogen-bond acceptors (Lipinski definition) is 6. The SMILES string of the molecule is CC[C@@H](C)C(=O)N[C@@H](C(=O)N1CCC[C@@H]1C(=O)Cc1snnc1-c1ccccc1)C1CCCCC1. The van der Waals surface area contributed by atoms with Crippen molar-refractivity contribution >= 4 is 29.1 Å². The summed E-state index contributed by atoms with van der Waals surface area (Å²) in [6.45, 7) is 4.44. The largest absolute Gasteiger partial charge is 0.344 e. The molecular weight excluding hydrogens is 460 g/mol. The molecule has 3 atom stereocenters. The van der Waals surface area contributed by atoms with Crippen LogP contribution in [0, 0.1) is 11.8 Å². The summed E-state index contributed by atoms with van der Waals surface area (Å²) in [6, 6.07) is 8.75. The number of ketones is 1. The molecule has 8 heteroatoms. The van der Waals surface area contributed by atoms with Gasteiger partial charge in [-0.3, -0.25) is 14.4 Å². The monoisotopic (exact) mass is 496 g/mol. The molecule has 0 bridgehead atoms. The first-order chi connectivity index (χ1) is 17.0. The fourth-order valence-corrected chi connectivity index (χ4v) is 5.96. The van der Waals surface area contributed by atoms with Gasteiger partial charge in [0.15, 0.2) is 5.78 Å². The van der Waals surface area contributed by atoms with Gasteiger partial charge < -0.3 is 10.2 Å². The fraction of sp³-hybridized carbons (Fsp3) is 0.593. The molecule has 4 rings (SSSR count). The summed E-state index contributed by atoms with van der Waals surface area (Å²) in [6.07, 6.45) is 7.62. The van der Waals surface area contributed by atoms with E-state index < -0.39 is 12.1 Å². The van der Waals surface area contributed by atoms with Crippen molar-refractivity contribution in [3.63, 3.8) is 0 Å². The zero-order chi connectivity index (χ0) is 24.8. The average Bonchev–Trinajstić information content (AvgIpc) is 3.57. The molecule has 1 aromatic heterocycles. The van der Waals surface area contributed by atoms with Crippen molar-refractivity contribution in [2.75, 3.05) is 6.54 Å². The van der Waals surface area contributed by atoms with Crippen molar-refractivity contribution in [1.29, 1.82) is 0 Å². The molecule has 1 aliphatic heterocycles. The molecule has 1 N–H and O–H groups in total. The van der Waals surface area contributed by atoms with Gasteiger partial charge in [0.05, 0.1) is 10.9 Å². The molecular formula is C27H36N4O3S. The van der Waals surface area contributed by atoms with Crippen LogP contribution in [0.2, 0.25) is 0 Å². The quantitative estimate of drug-likeness (QED) is 0.555. The van der Waals surface area contributed by atoms with Gasteiger partial charge in [-0.1, -0.05) is 67.9 Å². The van der Waals surface area contributed by atoms with Crippen LogP contribution >= 0.6 is 11.5 Å². The van der Waals surface area contributed by atoms with Gasteiger partial charge in [-0.05, 0) is 49.6 Å². The molecule has 0 unspecified atom stereocenters. The van der Waals surface area contributed by atoms with Gasteiger partial charge in [0.1, 0.15) is 11.7 Å².